The molecule has 0 aliphatic rings. The molecule has 0 atom stereocenters. The van der Waals surface area contributed by atoms with Crippen molar-refractivity contribution in [1.29, 1.82) is 0 Å². The zero-order chi connectivity index (χ0) is 17.1. The van der Waals surface area contributed by atoms with E-state index < -0.39 is 17.7 Å². The van der Waals surface area contributed by atoms with Gasteiger partial charge in [0.15, 0.2) is 0 Å². The molecular formula is C16H23N3O4. The van der Waals surface area contributed by atoms with Gasteiger partial charge in [0.1, 0.15) is 0 Å². The van der Waals surface area contributed by atoms with Gasteiger partial charge in [-0.3, -0.25) is 14.4 Å². The molecule has 3 amide bonds. The van der Waals surface area contributed by atoms with Gasteiger partial charge in [-0.05, 0) is 37.1 Å². The number of unbranched alkanes of at least 4 members (excludes halogenated alkanes) is 1. The first-order valence-electron chi connectivity index (χ1n) is 7.61. The molecule has 0 aliphatic carbocycles. The average molecular weight is 321 g/mol. The molecule has 0 bridgehead atoms. The Labute approximate surface area is 135 Å². The zero-order valence-corrected chi connectivity index (χ0v) is 13.3. The third-order valence-electron chi connectivity index (χ3n) is 3.03. The number of nitrogens with two attached hydrogens (primary N) is 1. The lowest BCUT2D eigenvalue weighted by Gasteiger charge is -2.07. The van der Waals surface area contributed by atoms with Crippen molar-refractivity contribution in [2.45, 2.75) is 26.2 Å². The highest BCUT2D eigenvalue weighted by molar-refractivity contribution is 6.39. The topological polar surface area (TPSA) is 111 Å². The summed E-state index contributed by atoms with van der Waals surface area (Å²) in [4.78, 5) is 34.2. The summed E-state index contributed by atoms with van der Waals surface area (Å²) in [6, 6.07) is 5.96. The molecule has 0 saturated carbocycles. The average Bonchev–Trinajstić information content (AvgIpc) is 2.54. The van der Waals surface area contributed by atoms with Crippen LogP contribution in [0.3, 0.4) is 0 Å². The summed E-state index contributed by atoms with van der Waals surface area (Å²) in [5.74, 6) is -2.02. The number of rotatable bonds is 9. The Balaban J connectivity index is 2.26. The summed E-state index contributed by atoms with van der Waals surface area (Å²) in [5, 5.41) is 4.96. The molecule has 23 heavy (non-hydrogen) atoms. The minimum absolute atomic E-state index is 0.329. The van der Waals surface area contributed by atoms with Crippen LogP contribution < -0.4 is 16.4 Å². The maximum atomic E-state index is 11.7. The highest BCUT2D eigenvalue weighted by Gasteiger charge is 2.13. The van der Waals surface area contributed by atoms with E-state index in [-0.39, 0.29) is 0 Å². The van der Waals surface area contributed by atoms with Crippen molar-refractivity contribution in [1.82, 2.24) is 5.32 Å². The second kappa shape index (κ2) is 10.3. The number of benzene rings is 1. The summed E-state index contributed by atoms with van der Waals surface area (Å²) < 4.78 is 5.35. The first-order valence-corrected chi connectivity index (χ1v) is 7.61. The van der Waals surface area contributed by atoms with Gasteiger partial charge in [0, 0.05) is 31.0 Å². The molecule has 1 aromatic rings. The van der Waals surface area contributed by atoms with Crippen molar-refractivity contribution in [2.75, 3.05) is 25.1 Å². The van der Waals surface area contributed by atoms with E-state index in [0.29, 0.717) is 37.4 Å². The number of nitrogens with one attached hydrogen (secondary N) is 2. The van der Waals surface area contributed by atoms with E-state index in [1.807, 2.05) is 0 Å². The molecule has 0 fully saturated rings. The van der Waals surface area contributed by atoms with Crippen molar-refractivity contribution >= 4 is 23.4 Å². The third kappa shape index (κ3) is 7.42. The van der Waals surface area contributed by atoms with E-state index in [2.05, 4.69) is 17.6 Å². The van der Waals surface area contributed by atoms with Crippen LogP contribution in [0, 0.1) is 0 Å². The van der Waals surface area contributed by atoms with E-state index in [4.69, 9.17) is 10.5 Å². The van der Waals surface area contributed by atoms with E-state index in [0.717, 1.165) is 12.8 Å². The molecule has 7 nitrogen and oxygen atoms in total. The van der Waals surface area contributed by atoms with E-state index in [1.165, 1.54) is 24.3 Å². The van der Waals surface area contributed by atoms with Gasteiger partial charge in [-0.2, -0.15) is 0 Å². The van der Waals surface area contributed by atoms with Gasteiger partial charge < -0.3 is 21.1 Å². The fourth-order valence-corrected chi connectivity index (χ4v) is 1.71. The largest absolute Gasteiger partial charge is 0.381 e. The lowest BCUT2D eigenvalue weighted by atomic mass is 10.2. The summed E-state index contributed by atoms with van der Waals surface area (Å²) in [6.45, 7) is 3.73. The van der Waals surface area contributed by atoms with Crippen LogP contribution in [-0.4, -0.2) is 37.5 Å². The Hall–Kier alpha value is -2.41. The molecule has 7 heteroatoms. The van der Waals surface area contributed by atoms with Gasteiger partial charge in [-0.15, -0.1) is 0 Å². The van der Waals surface area contributed by atoms with Gasteiger partial charge in [-0.1, -0.05) is 13.3 Å². The van der Waals surface area contributed by atoms with Gasteiger partial charge >= 0.3 is 11.8 Å². The molecular weight excluding hydrogens is 298 g/mol. The lowest BCUT2D eigenvalue weighted by Crippen LogP contribution is -2.36. The first-order chi connectivity index (χ1) is 11.0. The Bertz CT molecular complexity index is 529. The SMILES string of the molecule is CCCCOCCCNC(=O)C(=O)Nc1ccc(C(N)=O)cc1. The highest BCUT2D eigenvalue weighted by atomic mass is 16.5. The summed E-state index contributed by atoms with van der Waals surface area (Å²) in [6.07, 6.45) is 2.75. The van der Waals surface area contributed by atoms with Crippen molar-refractivity contribution in [3.8, 4) is 0 Å². The second-order valence-electron chi connectivity index (χ2n) is 4.97. The number of amides is 3. The van der Waals surface area contributed by atoms with E-state index in [1.54, 1.807) is 0 Å². The second-order valence-corrected chi connectivity index (χ2v) is 4.97. The maximum absolute atomic E-state index is 11.7. The predicted octanol–water partition coefficient (Wildman–Crippen LogP) is 1.05. The number of anilines is 1. The minimum Gasteiger partial charge on any atom is -0.381 e. The van der Waals surface area contributed by atoms with Crippen molar-refractivity contribution < 1.29 is 19.1 Å². The van der Waals surface area contributed by atoms with Crippen LogP contribution in [0.25, 0.3) is 0 Å². The van der Waals surface area contributed by atoms with E-state index >= 15 is 0 Å². The number of hydrogen-bond donors (Lipinski definition) is 3. The fourth-order valence-electron chi connectivity index (χ4n) is 1.71. The molecule has 0 heterocycles. The van der Waals surface area contributed by atoms with Crippen LogP contribution in [0.15, 0.2) is 24.3 Å². The molecule has 0 spiro atoms. The smallest absolute Gasteiger partial charge is 0.313 e. The number of primary amides is 1. The normalized spacial score (nSPS) is 10.1. The standard InChI is InChI=1S/C16H23N3O4/c1-2-3-10-23-11-4-9-18-15(21)16(22)19-13-7-5-12(6-8-13)14(17)20/h5-8H,2-4,9-11H2,1H3,(H2,17,20)(H,18,21)(H,19,22). The summed E-state index contributed by atoms with van der Waals surface area (Å²) in [5.41, 5.74) is 5.86. The van der Waals surface area contributed by atoms with E-state index in [9.17, 15) is 14.4 Å². The molecule has 0 saturated heterocycles. The Morgan fingerprint density at radius 3 is 2.30 bits per heavy atom. The van der Waals surface area contributed by atoms with Crippen molar-refractivity contribution in [3.63, 3.8) is 0 Å². The number of carbonyl (C=O) groups is 3. The molecule has 0 unspecified atom stereocenters. The van der Waals surface area contributed by atoms with Crippen LogP contribution in [-0.2, 0) is 14.3 Å². The predicted molar refractivity (Wildman–Crippen MR) is 86.9 cm³/mol. The summed E-state index contributed by atoms with van der Waals surface area (Å²) >= 11 is 0. The van der Waals surface area contributed by atoms with Gasteiger partial charge in [0.05, 0.1) is 0 Å². The fraction of sp³-hybridized carbons (Fsp3) is 0.438. The maximum Gasteiger partial charge on any atom is 0.313 e. The quantitative estimate of drug-likeness (QED) is 0.466. The Morgan fingerprint density at radius 2 is 1.70 bits per heavy atom. The molecule has 4 N–H and O–H groups in total. The minimum atomic E-state index is -0.760. The first kappa shape index (κ1) is 18.6. The molecule has 1 rings (SSSR count). The number of ether oxygens (including phenoxy) is 1. The van der Waals surface area contributed by atoms with Crippen LogP contribution >= 0.6 is 0 Å². The summed E-state index contributed by atoms with van der Waals surface area (Å²) in [7, 11) is 0. The zero-order valence-electron chi connectivity index (χ0n) is 13.3. The van der Waals surface area contributed by atoms with Crippen LogP contribution in [0.5, 0.6) is 0 Å². The molecule has 0 aromatic heterocycles. The molecule has 126 valence electrons. The monoisotopic (exact) mass is 321 g/mol. The van der Waals surface area contributed by atoms with Gasteiger partial charge in [0.2, 0.25) is 5.91 Å². The van der Waals surface area contributed by atoms with Crippen LogP contribution in [0.1, 0.15) is 36.5 Å². The Kier molecular flexibility index (Phi) is 8.38. The lowest BCUT2D eigenvalue weighted by molar-refractivity contribution is -0.136. The van der Waals surface area contributed by atoms with Crippen LogP contribution in [0.2, 0.25) is 0 Å². The number of hydrogen-bond acceptors (Lipinski definition) is 4. The Morgan fingerprint density at radius 1 is 1.04 bits per heavy atom. The molecule has 0 radical (unpaired) electrons. The third-order valence-corrected chi connectivity index (χ3v) is 3.03. The molecule has 0 aliphatic heterocycles. The van der Waals surface area contributed by atoms with Crippen LogP contribution in [0.4, 0.5) is 5.69 Å². The van der Waals surface area contributed by atoms with Crippen molar-refractivity contribution in [2.24, 2.45) is 5.73 Å². The van der Waals surface area contributed by atoms with Gasteiger partial charge in [0.25, 0.3) is 0 Å². The highest BCUT2D eigenvalue weighted by Crippen LogP contribution is 2.08. The van der Waals surface area contributed by atoms with Crippen molar-refractivity contribution in [3.05, 3.63) is 29.8 Å². The number of carbonyl (C=O) groups excluding carboxylic acids is 3. The molecule has 1 aromatic carbocycles. The van der Waals surface area contributed by atoms with Gasteiger partial charge in [-0.25, -0.2) is 0 Å².